The van der Waals surface area contributed by atoms with Crippen LogP contribution in [0.15, 0.2) is 41.0 Å². The number of nitrogens with zero attached hydrogens (tertiary/aromatic N) is 3. The van der Waals surface area contributed by atoms with Crippen molar-refractivity contribution in [3.8, 4) is 17.0 Å². The van der Waals surface area contributed by atoms with Crippen molar-refractivity contribution in [2.75, 3.05) is 19.0 Å². The molecule has 0 saturated heterocycles. The molecule has 0 spiro atoms. The summed E-state index contributed by atoms with van der Waals surface area (Å²) in [6, 6.07) is 8.93. The highest BCUT2D eigenvalue weighted by Gasteiger charge is 2.13. The molecule has 2 heterocycles. The summed E-state index contributed by atoms with van der Waals surface area (Å²) in [6.45, 7) is 0.702. The topological polar surface area (TPSA) is 106 Å². The number of ether oxygens (including phenoxy) is 1. The number of phenolic OH excluding ortho intramolecular Hbond substituents is 1. The number of unbranched alkanes of at least 4 members (excludes halogenated alkanes) is 2. The van der Waals surface area contributed by atoms with Gasteiger partial charge in [0.25, 0.3) is 0 Å². The van der Waals surface area contributed by atoms with E-state index in [0.717, 1.165) is 29.6 Å². The number of fused-ring (bicyclic) bond motifs is 1. The number of benzene rings is 1. The molecule has 0 aliphatic carbocycles. The maximum Gasteiger partial charge on any atom is 0.305 e. The summed E-state index contributed by atoms with van der Waals surface area (Å²) in [5.74, 6) is 0.665. The molecule has 0 unspecified atom stereocenters. The molecule has 1 aromatic carbocycles. The van der Waals surface area contributed by atoms with Crippen molar-refractivity contribution in [1.82, 2.24) is 14.6 Å². The third kappa shape index (κ3) is 6.04. The van der Waals surface area contributed by atoms with Crippen LogP contribution in [0.25, 0.3) is 16.9 Å². The molecule has 0 bridgehead atoms. The Hall–Kier alpha value is -2.94. The Balaban J connectivity index is 1.56. The summed E-state index contributed by atoms with van der Waals surface area (Å²) in [5, 5.41) is 17.9. The first-order valence-corrected chi connectivity index (χ1v) is 10.9. The molecule has 3 rings (SSSR count). The zero-order valence-electron chi connectivity index (χ0n) is 17.3. The quantitative estimate of drug-likeness (QED) is 0.305. The number of phenols is 1. The van der Waals surface area contributed by atoms with Gasteiger partial charge >= 0.3 is 5.97 Å². The van der Waals surface area contributed by atoms with Crippen molar-refractivity contribution in [3.63, 3.8) is 0 Å². The van der Waals surface area contributed by atoms with Crippen LogP contribution in [0.1, 0.15) is 38.5 Å². The predicted octanol–water partition coefficient (Wildman–Crippen LogP) is 4.36. The minimum atomic E-state index is -0.352. The minimum Gasteiger partial charge on any atom is -0.507 e. The highest BCUT2D eigenvalue weighted by Crippen LogP contribution is 2.31. The van der Waals surface area contributed by atoms with E-state index >= 15 is 0 Å². The number of esters is 1. The van der Waals surface area contributed by atoms with Gasteiger partial charge in [0.05, 0.1) is 29.9 Å². The highest BCUT2D eigenvalue weighted by molar-refractivity contribution is 9.10. The van der Waals surface area contributed by atoms with Crippen LogP contribution in [0.5, 0.6) is 5.75 Å². The van der Waals surface area contributed by atoms with Crippen LogP contribution in [0.3, 0.4) is 0 Å². The van der Waals surface area contributed by atoms with Crippen molar-refractivity contribution in [1.29, 1.82) is 0 Å². The number of para-hydroxylation sites is 1. The second kappa shape index (κ2) is 10.9. The van der Waals surface area contributed by atoms with E-state index in [9.17, 15) is 14.7 Å². The molecule has 0 saturated carbocycles. The third-order valence-electron chi connectivity index (χ3n) is 4.88. The number of aromatic hydroxyl groups is 1. The van der Waals surface area contributed by atoms with Gasteiger partial charge in [-0.05, 0) is 40.9 Å². The fraction of sp³-hybridized carbons (Fsp3) is 0.364. The SMILES string of the molecule is COC(=O)CCC(=O)CCCCCNc1cc(-c2ccccc2O)nc2c(Br)cnn12. The zero-order chi connectivity index (χ0) is 22.2. The first-order chi connectivity index (χ1) is 15.0. The molecular formula is C22H25BrN4O4. The van der Waals surface area contributed by atoms with Gasteiger partial charge in [0.1, 0.15) is 17.4 Å². The average Bonchev–Trinajstić information content (AvgIpc) is 3.15. The molecule has 0 atom stereocenters. The number of halogens is 1. The predicted molar refractivity (Wildman–Crippen MR) is 121 cm³/mol. The van der Waals surface area contributed by atoms with Gasteiger partial charge in [-0.3, -0.25) is 9.59 Å². The molecule has 0 amide bonds. The van der Waals surface area contributed by atoms with Crippen molar-refractivity contribution >= 4 is 39.1 Å². The Morgan fingerprint density at radius 2 is 1.97 bits per heavy atom. The smallest absolute Gasteiger partial charge is 0.305 e. The lowest BCUT2D eigenvalue weighted by atomic mass is 10.1. The summed E-state index contributed by atoms with van der Waals surface area (Å²) >= 11 is 3.47. The Labute approximate surface area is 188 Å². The fourth-order valence-corrected chi connectivity index (χ4v) is 3.55. The zero-order valence-corrected chi connectivity index (χ0v) is 18.9. The number of carbonyl (C=O) groups excluding carboxylic acids is 2. The van der Waals surface area contributed by atoms with Gasteiger partial charge in [-0.15, -0.1) is 0 Å². The van der Waals surface area contributed by atoms with E-state index in [0.29, 0.717) is 29.9 Å². The van der Waals surface area contributed by atoms with Crippen molar-refractivity contribution in [2.45, 2.75) is 38.5 Å². The van der Waals surface area contributed by atoms with Crippen LogP contribution < -0.4 is 5.32 Å². The Morgan fingerprint density at radius 1 is 1.16 bits per heavy atom. The van der Waals surface area contributed by atoms with Gasteiger partial charge in [-0.2, -0.15) is 9.61 Å². The van der Waals surface area contributed by atoms with E-state index in [4.69, 9.17) is 0 Å². The maximum atomic E-state index is 11.8. The molecule has 164 valence electrons. The standard InChI is InChI=1S/C22H25BrN4O4/c1-31-21(30)11-10-15(28)7-3-2-6-12-24-20-13-18(16-8-4-5-9-19(16)29)26-22-17(23)14-25-27(20)22/h4-5,8-9,13-14,24,29H,2-3,6-7,10-12H2,1H3. The summed E-state index contributed by atoms with van der Waals surface area (Å²) in [7, 11) is 1.32. The van der Waals surface area contributed by atoms with E-state index in [1.54, 1.807) is 22.8 Å². The summed E-state index contributed by atoms with van der Waals surface area (Å²) in [5.41, 5.74) is 1.94. The summed E-state index contributed by atoms with van der Waals surface area (Å²) in [4.78, 5) is 27.5. The fourth-order valence-electron chi connectivity index (χ4n) is 3.20. The van der Waals surface area contributed by atoms with E-state index in [-0.39, 0.29) is 30.3 Å². The van der Waals surface area contributed by atoms with E-state index < -0.39 is 0 Å². The molecule has 3 aromatic rings. The first kappa shape index (κ1) is 22.7. The molecule has 2 aromatic heterocycles. The molecule has 9 heteroatoms. The monoisotopic (exact) mass is 488 g/mol. The molecule has 0 aliphatic rings. The Morgan fingerprint density at radius 3 is 2.74 bits per heavy atom. The molecule has 2 N–H and O–H groups in total. The largest absolute Gasteiger partial charge is 0.507 e. The Kier molecular flexibility index (Phi) is 8.00. The lowest BCUT2D eigenvalue weighted by molar-refractivity contribution is -0.141. The van der Waals surface area contributed by atoms with Gasteiger partial charge in [0.2, 0.25) is 0 Å². The van der Waals surface area contributed by atoms with Crippen LogP contribution in [0.2, 0.25) is 0 Å². The van der Waals surface area contributed by atoms with Gasteiger partial charge in [-0.25, -0.2) is 4.98 Å². The second-order valence-electron chi connectivity index (χ2n) is 7.12. The minimum absolute atomic E-state index is 0.0860. The molecule has 8 nitrogen and oxygen atoms in total. The van der Waals surface area contributed by atoms with Crippen LogP contribution in [-0.2, 0) is 14.3 Å². The van der Waals surface area contributed by atoms with Crippen LogP contribution >= 0.6 is 15.9 Å². The van der Waals surface area contributed by atoms with Gasteiger partial charge in [-0.1, -0.05) is 18.6 Å². The van der Waals surface area contributed by atoms with Crippen molar-refractivity contribution in [3.05, 3.63) is 41.0 Å². The molecule has 31 heavy (non-hydrogen) atoms. The lowest BCUT2D eigenvalue weighted by Gasteiger charge is -2.11. The van der Waals surface area contributed by atoms with E-state index in [1.807, 2.05) is 18.2 Å². The number of rotatable bonds is 11. The number of methoxy groups -OCH3 is 1. The van der Waals surface area contributed by atoms with Gasteiger partial charge in [0, 0.05) is 31.0 Å². The third-order valence-corrected chi connectivity index (χ3v) is 5.44. The van der Waals surface area contributed by atoms with Gasteiger partial charge in [0.15, 0.2) is 5.65 Å². The van der Waals surface area contributed by atoms with Crippen LogP contribution in [-0.4, -0.2) is 45.1 Å². The number of aromatic nitrogens is 3. The summed E-state index contributed by atoms with van der Waals surface area (Å²) in [6.07, 6.45) is 5.09. The first-order valence-electron chi connectivity index (χ1n) is 10.1. The normalized spacial score (nSPS) is 10.9. The molecule has 0 fully saturated rings. The number of carbonyl (C=O) groups is 2. The van der Waals surface area contributed by atoms with E-state index in [1.165, 1.54) is 7.11 Å². The maximum absolute atomic E-state index is 11.8. The van der Waals surface area contributed by atoms with Crippen LogP contribution in [0.4, 0.5) is 5.82 Å². The molecule has 0 aliphatic heterocycles. The average molecular weight is 489 g/mol. The summed E-state index contributed by atoms with van der Waals surface area (Å²) < 4.78 is 7.02. The Bertz CT molecular complexity index is 1070. The highest BCUT2D eigenvalue weighted by atomic mass is 79.9. The molecular weight excluding hydrogens is 464 g/mol. The number of nitrogens with one attached hydrogen (secondary N) is 1. The number of ketones is 1. The molecule has 0 radical (unpaired) electrons. The number of hydrogen-bond donors (Lipinski definition) is 2. The van der Waals surface area contributed by atoms with Crippen molar-refractivity contribution < 1.29 is 19.4 Å². The lowest BCUT2D eigenvalue weighted by Crippen LogP contribution is -2.08. The van der Waals surface area contributed by atoms with Gasteiger partial charge < -0.3 is 15.2 Å². The second-order valence-corrected chi connectivity index (χ2v) is 7.98. The van der Waals surface area contributed by atoms with E-state index in [2.05, 4.69) is 36.1 Å². The van der Waals surface area contributed by atoms with Crippen molar-refractivity contribution in [2.24, 2.45) is 0 Å². The number of hydrogen-bond acceptors (Lipinski definition) is 7. The van der Waals surface area contributed by atoms with Crippen LogP contribution in [0, 0.1) is 0 Å². The number of Topliss-reactive ketones (excluding diaryl/α,β-unsaturated/α-hetero) is 1. The number of anilines is 1.